The lowest BCUT2D eigenvalue weighted by Crippen LogP contribution is -2.11. The molecule has 1 aromatic rings. The Morgan fingerprint density at radius 3 is 2.75 bits per heavy atom. The van der Waals surface area contributed by atoms with Crippen LogP contribution < -0.4 is 0 Å². The molecule has 1 fully saturated rings. The van der Waals surface area contributed by atoms with Gasteiger partial charge >= 0.3 is 5.97 Å². The Morgan fingerprint density at radius 1 is 1.25 bits per heavy atom. The van der Waals surface area contributed by atoms with Gasteiger partial charge in [-0.05, 0) is 56.1 Å². The molecule has 1 aromatic heterocycles. The molecule has 0 amide bonds. The standard InChI is InChI=1S/C16H21NO2S/c18-16(19)13-9-12-7-3-4-8-14(12)17-15(13)20-10-11-5-1-2-6-11/h9,11H,1-8,10H2,(H,18,19). The van der Waals surface area contributed by atoms with Crippen molar-refractivity contribution >= 4 is 17.7 Å². The number of nitrogens with zero attached hydrogens (tertiary/aromatic N) is 1. The maximum atomic E-state index is 11.5. The van der Waals surface area contributed by atoms with E-state index in [2.05, 4.69) is 4.98 Å². The molecule has 0 atom stereocenters. The van der Waals surface area contributed by atoms with E-state index in [1.807, 2.05) is 6.07 Å². The van der Waals surface area contributed by atoms with Crippen LogP contribution >= 0.6 is 11.8 Å². The number of hydrogen-bond acceptors (Lipinski definition) is 3. The van der Waals surface area contributed by atoms with Crippen LogP contribution in [-0.4, -0.2) is 21.8 Å². The highest BCUT2D eigenvalue weighted by molar-refractivity contribution is 7.99. The van der Waals surface area contributed by atoms with Gasteiger partial charge in [-0.25, -0.2) is 9.78 Å². The molecule has 1 N–H and O–H groups in total. The molecule has 0 spiro atoms. The molecule has 20 heavy (non-hydrogen) atoms. The fraction of sp³-hybridized carbons (Fsp3) is 0.625. The second-order valence-electron chi connectivity index (χ2n) is 5.92. The topological polar surface area (TPSA) is 50.2 Å². The first-order valence-corrected chi connectivity index (χ1v) is 8.61. The number of fused-ring (bicyclic) bond motifs is 1. The number of carbonyl (C=O) groups is 1. The van der Waals surface area contributed by atoms with Crippen LogP contribution in [0.4, 0.5) is 0 Å². The molecule has 3 nitrogen and oxygen atoms in total. The number of carboxylic acids is 1. The van der Waals surface area contributed by atoms with Crippen LogP contribution in [0, 0.1) is 5.92 Å². The summed E-state index contributed by atoms with van der Waals surface area (Å²) in [6.45, 7) is 0. The number of pyridine rings is 1. The summed E-state index contributed by atoms with van der Waals surface area (Å²) in [7, 11) is 0. The van der Waals surface area contributed by atoms with Crippen molar-refractivity contribution < 1.29 is 9.90 Å². The summed E-state index contributed by atoms with van der Waals surface area (Å²) in [6, 6.07) is 1.88. The van der Waals surface area contributed by atoms with Gasteiger partial charge in [0.15, 0.2) is 0 Å². The SMILES string of the molecule is O=C(O)c1cc2c(nc1SCC1CCCC1)CCCC2. The molecular weight excluding hydrogens is 270 g/mol. The predicted molar refractivity (Wildman–Crippen MR) is 80.5 cm³/mol. The van der Waals surface area contributed by atoms with E-state index >= 15 is 0 Å². The molecular formula is C16H21NO2S. The van der Waals surface area contributed by atoms with Gasteiger partial charge in [0.2, 0.25) is 0 Å². The highest BCUT2D eigenvalue weighted by Gasteiger charge is 2.21. The Kier molecular flexibility index (Phi) is 4.29. The zero-order valence-electron chi connectivity index (χ0n) is 11.7. The third-order valence-corrected chi connectivity index (χ3v) is 5.65. The van der Waals surface area contributed by atoms with E-state index in [1.165, 1.54) is 32.1 Å². The second kappa shape index (κ2) is 6.17. The molecule has 0 aliphatic heterocycles. The Labute approximate surface area is 124 Å². The van der Waals surface area contributed by atoms with E-state index in [9.17, 15) is 9.90 Å². The molecule has 1 heterocycles. The minimum absolute atomic E-state index is 0.411. The highest BCUT2D eigenvalue weighted by atomic mass is 32.2. The summed E-state index contributed by atoms with van der Waals surface area (Å²) in [4.78, 5) is 16.1. The first kappa shape index (κ1) is 13.9. The van der Waals surface area contributed by atoms with Gasteiger partial charge in [0, 0.05) is 11.4 Å². The first-order valence-electron chi connectivity index (χ1n) is 7.63. The highest BCUT2D eigenvalue weighted by Crippen LogP contribution is 2.33. The number of rotatable bonds is 4. The Morgan fingerprint density at radius 2 is 2.00 bits per heavy atom. The smallest absolute Gasteiger partial charge is 0.338 e. The van der Waals surface area contributed by atoms with E-state index in [0.29, 0.717) is 5.56 Å². The Hall–Kier alpha value is -1.03. The van der Waals surface area contributed by atoms with Crippen LogP contribution in [0.5, 0.6) is 0 Å². The lowest BCUT2D eigenvalue weighted by molar-refractivity contribution is 0.0692. The fourth-order valence-electron chi connectivity index (χ4n) is 3.25. The molecule has 0 aromatic carbocycles. The fourth-order valence-corrected chi connectivity index (χ4v) is 4.46. The van der Waals surface area contributed by atoms with Gasteiger partial charge in [-0.15, -0.1) is 11.8 Å². The van der Waals surface area contributed by atoms with Gasteiger partial charge in [0.25, 0.3) is 0 Å². The van der Waals surface area contributed by atoms with Gasteiger partial charge in [-0.3, -0.25) is 0 Å². The Bertz CT molecular complexity index is 509. The summed E-state index contributed by atoms with van der Waals surface area (Å²) >= 11 is 1.65. The van der Waals surface area contributed by atoms with Crippen LogP contribution in [-0.2, 0) is 12.8 Å². The van der Waals surface area contributed by atoms with Crippen molar-refractivity contribution in [2.75, 3.05) is 5.75 Å². The van der Waals surface area contributed by atoms with E-state index in [0.717, 1.165) is 47.2 Å². The third kappa shape index (κ3) is 3.00. The van der Waals surface area contributed by atoms with Crippen molar-refractivity contribution in [1.29, 1.82) is 0 Å². The molecule has 1 saturated carbocycles. The maximum Gasteiger partial charge on any atom is 0.338 e. The largest absolute Gasteiger partial charge is 0.478 e. The summed E-state index contributed by atoms with van der Waals surface area (Å²) < 4.78 is 0. The molecule has 0 unspecified atom stereocenters. The number of hydrogen-bond donors (Lipinski definition) is 1. The summed E-state index contributed by atoms with van der Waals surface area (Å²) in [6.07, 6.45) is 9.56. The number of aryl methyl sites for hydroxylation is 2. The van der Waals surface area contributed by atoms with Crippen LogP contribution in [0.3, 0.4) is 0 Å². The first-order chi connectivity index (χ1) is 9.74. The summed E-state index contributed by atoms with van der Waals surface area (Å²) in [5.41, 5.74) is 2.70. The molecule has 0 radical (unpaired) electrons. The number of aromatic carboxylic acids is 1. The normalized spacial score (nSPS) is 19.0. The zero-order chi connectivity index (χ0) is 13.9. The number of carboxylic acid groups (broad SMARTS) is 1. The summed E-state index contributed by atoms with van der Waals surface area (Å²) in [5.74, 6) is 0.936. The van der Waals surface area contributed by atoms with Crippen molar-refractivity contribution in [3.8, 4) is 0 Å². The number of thioether (sulfide) groups is 1. The lowest BCUT2D eigenvalue weighted by Gasteiger charge is -2.18. The van der Waals surface area contributed by atoms with Gasteiger partial charge in [0.1, 0.15) is 5.03 Å². The minimum Gasteiger partial charge on any atom is -0.478 e. The van der Waals surface area contributed by atoms with Crippen molar-refractivity contribution in [2.45, 2.75) is 56.4 Å². The molecule has 2 aliphatic rings. The van der Waals surface area contributed by atoms with E-state index in [4.69, 9.17) is 0 Å². The van der Waals surface area contributed by atoms with Gasteiger partial charge in [-0.1, -0.05) is 12.8 Å². The monoisotopic (exact) mass is 291 g/mol. The zero-order valence-corrected chi connectivity index (χ0v) is 12.5. The van der Waals surface area contributed by atoms with Gasteiger partial charge in [-0.2, -0.15) is 0 Å². The number of aromatic nitrogens is 1. The predicted octanol–water partition coefficient (Wildman–Crippen LogP) is 3.94. The lowest BCUT2D eigenvalue weighted by atomic mass is 9.95. The average molecular weight is 291 g/mol. The average Bonchev–Trinajstić information content (AvgIpc) is 2.97. The van der Waals surface area contributed by atoms with Crippen molar-refractivity contribution in [1.82, 2.24) is 4.98 Å². The van der Waals surface area contributed by atoms with Gasteiger partial charge in [0.05, 0.1) is 5.56 Å². The van der Waals surface area contributed by atoms with Crippen molar-refractivity contribution in [3.63, 3.8) is 0 Å². The second-order valence-corrected chi connectivity index (χ2v) is 6.93. The van der Waals surface area contributed by atoms with Crippen LogP contribution in [0.15, 0.2) is 11.1 Å². The molecule has 3 rings (SSSR count). The molecule has 0 saturated heterocycles. The maximum absolute atomic E-state index is 11.5. The van der Waals surface area contributed by atoms with E-state index in [-0.39, 0.29) is 0 Å². The van der Waals surface area contributed by atoms with Crippen molar-refractivity contribution in [3.05, 3.63) is 22.9 Å². The molecule has 4 heteroatoms. The molecule has 2 aliphatic carbocycles. The third-order valence-electron chi connectivity index (χ3n) is 4.43. The van der Waals surface area contributed by atoms with Crippen LogP contribution in [0.2, 0.25) is 0 Å². The summed E-state index contributed by atoms with van der Waals surface area (Å²) in [5, 5.41) is 10.1. The van der Waals surface area contributed by atoms with Gasteiger partial charge < -0.3 is 5.11 Å². The minimum atomic E-state index is -0.834. The Balaban J connectivity index is 1.81. The van der Waals surface area contributed by atoms with Crippen LogP contribution in [0.1, 0.15) is 60.1 Å². The molecule has 0 bridgehead atoms. The van der Waals surface area contributed by atoms with Crippen molar-refractivity contribution in [2.24, 2.45) is 5.92 Å². The van der Waals surface area contributed by atoms with E-state index < -0.39 is 5.97 Å². The quantitative estimate of drug-likeness (QED) is 0.854. The molecule has 108 valence electrons. The van der Waals surface area contributed by atoms with E-state index in [1.54, 1.807) is 11.8 Å². The van der Waals surface area contributed by atoms with Crippen LogP contribution in [0.25, 0.3) is 0 Å².